The van der Waals surface area contributed by atoms with Gasteiger partial charge in [-0.1, -0.05) is 18.0 Å². The molecule has 0 aromatic heterocycles. The molecule has 0 bridgehead atoms. The smallest absolute Gasteiger partial charge is 0.179 e. The van der Waals surface area contributed by atoms with E-state index in [0.717, 1.165) is 24.0 Å². The molecule has 1 aromatic rings. The van der Waals surface area contributed by atoms with Gasteiger partial charge in [-0.3, -0.25) is 0 Å². The molecule has 3 nitrogen and oxygen atoms in total. The summed E-state index contributed by atoms with van der Waals surface area (Å²) in [4.78, 5) is 0. The second-order valence-corrected chi connectivity index (χ2v) is 5.33. The van der Waals surface area contributed by atoms with Crippen molar-refractivity contribution < 1.29 is 9.47 Å². The van der Waals surface area contributed by atoms with E-state index in [1.54, 1.807) is 14.2 Å². The van der Waals surface area contributed by atoms with Crippen LogP contribution in [0.4, 0.5) is 0 Å². The predicted molar refractivity (Wildman–Crippen MR) is 73.9 cm³/mol. The Labute approximate surface area is 113 Å². The maximum atomic E-state index is 6.51. The zero-order chi connectivity index (χ0) is 13.3. The van der Waals surface area contributed by atoms with Crippen LogP contribution in [0.3, 0.4) is 0 Å². The second-order valence-electron chi connectivity index (χ2n) is 4.96. The van der Waals surface area contributed by atoms with E-state index >= 15 is 0 Å². The van der Waals surface area contributed by atoms with Gasteiger partial charge in [-0.2, -0.15) is 0 Å². The molecule has 0 saturated heterocycles. The van der Waals surface area contributed by atoms with E-state index in [9.17, 15) is 0 Å². The van der Waals surface area contributed by atoms with Crippen molar-refractivity contribution in [2.24, 2.45) is 5.73 Å². The van der Waals surface area contributed by atoms with Crippen LogP contribution >= 0.6 is 11.6 Å². The molecule has 1 aliphatic rings. The molecular weight excluding hydrogens is 250 g/mol. The zero-order valence-electron chi connectivity index (χ0n) is 11.2. The maximum Gasteiger partial charge on any atom is 0.179 e. The summed E-state index contributed by atoms with van der Waals surface area (Å²) in [5.74, 6) is 1.29. The Bertz CT molecular complexity index is 450. The topological polar surface area (TPSA) is 44.5 Å². The number of hydrogen-bond donors (Lipinski definition) is 1. The van der Waals surface area contributed by atoms with E-state index in [4.69, 9.17) is 26.8 Å². The Kier molecular flexibility index (Phi) is 3.74. The molecule has 4 heteroatoms. The molecule has 1 fully saturated rings. The zero-order valence-corrected chi connectivity index (χ0v) is 11.9. The Morgan fingerprint density at radius 1 is 1.33 bits per heavy atom. The normalized spacial score (nSPS) is 17.2. The van der Waals surface area contributed by atoms with Crippen LogP contribution in [-0.2, 0) is 5.41 Å². The Balaban J connectivity index is 2.61. The molecule has 0 unspecified atom stereocenters. The van der Waals surface area contributed by atoms with Crippen molar-refractivity contribution in [3.8, 4) is 11.5 Å². The van der Waals surface area contributed by atoms with E-state index in [1.165, 1.54) is 6.42 Å². The Hall–Kier alpha value is -0.930. The maximum absolute atomic E-state index is 6.51. The van der Waals surface area contributed by atoms with Gasteiger partial charge in [-0.25, -0.2) is 0 Å². The van der Waals surface area contributed by atoms with Crippen LogP contribution in [0.15, 0.2) is 6.07 Å². The fourth-order valence-electron chi connectivity index (χ4n) is 2.88. The van der Waals surface area contributed by atoms with Crippen molar-refractivity contribution in [2.75, 3.05) is 20.8 Å². The third-order valence-corrected chi connectivity index (χ3v) is 4.40. The largest absolute Gasteiger partial charge is 0.493 e. The fourth-order valence-corrected chi connectivity index (χ4v) is 3.40. The summed E-state index contributed by atoms with van der Waals surface area (Å²) < 4.78 is 10.7. The number of halogens is 1. The van der Waals surface area contributed by atoms with Gasteiger partial charge in [0.15, 0.2) is 11.5 Å². The number of rotatable bonds is 4. The minimum atomic E-state index is 0.0285. The number of benzene rings is 1. The molecule has 0 aliphatic heterocycles. The molecule has 2 rings (SSSR count). The highest BCUT2D eigenvalue weighted by Crippen LogP contribution is 2.51. The lowest BCUT2D eigenvalue weighted by Crippen LogP contribution is -2.42. The first-order valence-electron chi connectivity index (χ1n) is 6.21. The SMILES string of the molecule is COc1cc(C)c(C2(CN)CCC2)c(Cl)c1OC. The van der Waals surface area contributed by atoms with Crippen molar-refractivity contribution in [1.82, 2.24) is 0 Å². The number of ether oxygens (including phenoxy) is 2. The summed E-state index contributed by atoms with van der Waals surface area (Å²) in [5, 5.41) is 0.652. The van der Waals surface area contributed by atoms with E-state index in [0.29, 0.717) is 23.1 Å². The first kappa shape index (κ1) is 13.5. The van der Waals surface area contributed by atoms with E-state index in [-0.39, 0.29) is 5.41 Å². The molecule has 2 N–H and O–H groups in total. The lowest BCUT2D eigenvalue weighted by atomic mass is 9.63. The third kappa shape index (κ3) is 1.86. The molecule has 1 aliphatic carbocycles. The van der Waals surface area contributed by atoms with Crippen LogP contribution in [0, 0.1) is 6.92 Å². The first-order valence-corrected chi connectivity index (χ1v) is 6.59. The molecule has 100 valence electrons. The molecule has 0 spiro atoms. The van der Waals surface area contributed by atoms with E-state index in [2.05, 4.69) is 6.92 Å². The van der Waals surface area contributed by atoms with Gasteiger partial charge >= 0.3 is 0 Å². The molecule has 0 heterocycles. The van der Waals surface area contributed by atoms with Gasteiger partial charge in [0.25, 0.3) is 0 Å². The monoisotopic (exact) mass is 269 g/mol. The van der Waals surface area contributed by atoms with Gasteiger partial charge in [-0.05, 0) is 37.0 Å². The number of hydrogen-bond acceptors (Lipinski definition) is 3. The van der Waals surface area contributed by atoms with Crippen molar-refractivity contribution in [3.63, 3.8) is 0 Å². The van der Waals surface area contributed by atoms with Crippen LogP contribution in [0.1, 0.15) is 30.4 Å². The van der Waals surface area contributed by atoms with Crippen LogP contribution in [0.5, 0.6) is 11.5 Å². The summed E-state index contributed by atoms with van der Waals surface area (Å²) in [6, 6.07) is 1.98. The highest BCUT2D eigenvalue weighted by molar-refractivity contribution is 6.33. The average molecular weight is 270 g/mol. The third-order valence-electron chi connectivity index (χ3n) is 4.04. The lowest BCUT2D eigenvalue weighted by Gasteiger charge is -2.43. The lowest BCUT2D eigenvalue weighted by molar-refractivity contribution is 0.250. The van der Waals surface area contributed by atoms with Crippen LogP contribution in [0.2, 0.25) is 5.02 Å². The second kappa shape index (κ2) is 4.98. The van der Waals surface area contributed by atoms with Crippen molar-refractivity contribution in [3.05, 3.63) is 22.2 Å². The molecule has 0 atom stereocenters. The first-order chi connectivity index (χ1) is 8.59. The van der Waals surface area contributed by atoms with Gasteiger partial charge in [-0.15, -0.1) is 0 Å². The van der Waals surface area contributed by atoms with Crippen molar-refractivity contribution in [2.45, 2.75) is 31.6 Å². The molecular formula is C14H20ClNO2. The summed E-state index contributed by atoms with van der Waals surface area (Å²) in [5.41, 5.74) is 8.26. The molecule has 0 amide bonds. The molecule has 1 saturated carbocycles. The van der Waals surface area contributed by atoms with Crippen LogP contribution in [0.25, 0.3) is 0 Å². The van der Waals surface area contributed by atoms with Gasteiger partial charge < -0.3 is 15.2 Å². The average Bonchev–Trinajstić information content (AvgIpc) is 2.31. The Morgan fingerprint density at radius 3 is 2.39 bits per heavy atom. The van der Waals surface area contributed by atoms with Crippen molar-refractivity contribution in [1.29, 1.82) is 0 Å². The predicted octanol–water partition coefficient (Wildman–Crippen LogP) is 3.05. The standard InChI is InChI=1S/C14H20ClNO2/c1-9-7-10(17-2)13(18-3)12(15)11(9)14(8-16)5-4-6-14/h7H,4-6,8,16H2,1-3H3. The minimum absolute atomic E-state index is 0.0285. The number of nitrogens with two attached hydrogens (primary N) is 1. The van der Waals surface area contributed by atoms with Gasteiger partial charge in [0.05, 0.1) is 19.2 Å². The quantitative estimate of drug-likeness (QED) is 0.914. The summed E-state index contributed by atoms with van der Waals surface area (Å²) in [6.45, 7) is 2.68. The van der Waals surface area contributed by atoms with E-state index in [1.807, 2.05) is 6.07 Å². The van der Waals surface area contributed by atoms with Crippen LogP contribution < -0.4 is 15.2 Å². The summed E-state index contributed by atoms with van der Waals surface area (Å²) in [6.07, 6.45) is 3.40. The summed E-state index contributed by atoms with van der Waals surface area (Å²) >= 11 is 6.51. The molecule has 0 radical (unpaired) electrons. The fraction of sp³-hybridized carbons (Fsp3) is 0.571. The highest BCUT2D eigenvalue weighted by Gasteiger charge is 2.41. The molecule has 1 aromatic carbocycles. The van der Waals surface area contributed by atoms with Gasteiger partial charge in [0, 0.05) is 12.0 Å². The Morgan fingerprint density at radius 2 is 2.00 bits per heavy atom. The summed E-state index contributed by atoms with van der Waals surface area (Å²) in [7, 11) is 3.23. The minimum Gasteiger partial charge on any atom is -0.493 e. The van der Waals surface area contributed by atoms with Crippen molar-refractivity contribution >= 4 is 11.6 Å². The van der Waals surface area contributed by atoms with Gasteiger partial charge in [0.2, 0.25) is 0 Å². The van der Waals surface area contributed by atoms with Crippen LogP contribution in [-0.4, -0.2) is 20.8 Å². The van der Waals surface area contributed by atoms with Gasteiger partial charge in [0.1, 0.15) is 0 Å². The highest BCUT2D eigenvalue weighted by atomic mass is 35.5. The van der Waals surface area contributed by atoms with E-state index < -0.39 is 0 Å². The number of methoxy groups -OCH3 is 2. The molecule has 18 heavy (non-hydrogen) atoms. The number of aryl methyl sites for hydroxylation is 1.